The molecule has 0 aliphatic rings. The number of halogens is 1. The summed E-state index contributed by atoms with van der Waals surface area (Å²) in [5, 5.41) is 8.26. The van der Waals surface area contributed by atoms with E-state index in [1.807, 2.05) is 6.92 Å². The van der Waals surface area contributed by atoms with Crippen LogP contribution in [-0.4, -0.2) is 14.9 Å². The molecule has 0 radical (unpaired) electrons. The number of nitrogens with zero attached hydrogens (tertiary/aromatic N) is 3. The van der Waals surface area contributed by atoms with Crippen molar-refractivity contribution in [2.75, 3.05) is 5.73 Å². The van der Waals surface area contributed by atoms with Crippen molar-refractivity contribution in [2.45, 2.75) is 6.92 Å². The number of hydrogen-bond acceptors (Lipinski definition) is 4. The Bertz CT molecular complexity index is 474. The maximum Gasteiger partial charge on any atom is 0.174 e. The second kappa shape index (κ2) is 3.02. The molecule has 0 aliphatic heterocycles. The molecule has 2 aromatic heterocycles. The summed E-state index contributed by atoms with van der Waals surface area (Å²) in [6.45, 7) is 1.85. The predicted octanol–water partition coefficient (Wildman–Crippen LogP) is 1.62. The van der Waals surface area contributed by atoms with Gasteiger partial charge in [0.15, 0.2) is 11.6 Å². The summed E-state index contributed by atoms with van der Waals surface area (Å²) < 4.78 is 6.59. The number of hydrogen-bond donors (Lipinski definition) is 1. The monoisotopic (exact) mass is 212 g/mol. The van der Waals surface area contributed by atoms with E-state index < -0.39 is 0 Å². The molecule has 0 atom stereocenters. The van der Waals surface area contributed by atoms with Crippen molar-refractivity contribution in [3.63, 3.8) is 0 Å². The van der Waals surface area contributed by atoms with Gasteiger partial charge in [-0.25, -0.2) is 0 Å². The van der Waals surface area contributed by atoms with Crippen molar-refractivity contribution >= 4 is 17.4 Å². The molecule has 0 saturated carbocycles. The van der Waals surface area contributed by atoms with Crippen LogP contribution >= 0.6 is 11.6 Å². The van der Waals surface area contributed by atoms with Gasteiger partial charge in [0.1, 0.15) is 5.15 Å². The normalized spacial score (nSPS) is 10.8. The fraction of sp³-hybridized carbons (Fsp3) is 0.250. The molecule has 0 amide bonds. The van der Waals surface area contributed by atoms with E-state index in [9.17, 15) is 0 Å². The van der Waals surface area contributed by atoms with Gasteiger partial charge in [0.25, 0.3) is 0 Å². The first-order valence-electron chi connectivity index (χ1n) is 4.01. The van der Waals surface area contributed by atoms with E-state index in [1.54, 1.807) is 17.8 Å². The Kier molecular flexibility index (Phi) is 1.96. The Hall–Kier alpha value is -1.49. The Morgan fingerprint density at radius 3 is 2.71 bits per heavy atom. The molecule has 0 fully saturated rings. The lowest BCUT2D eigenvalue weighted by atomic mass is 10.2. The third-order valence-corrected chi connectivity index (χ3v) is 2.36. The van der Waals surface area contributed by atoms with Crippen LogP contribution in [0.4, 0.5) is 5.82 Å². The zero-order valence-corrected chi connectivity index (χ0v) is 8.54. The summed E-state index contributed by atoms with van der Waals surface area (Å²) in [6.07, 6.45) is 0. The molecule has 0 unspecified atom stereocenters. The number of nitrogen functional groups attached to an aromatic ring is 1. The highest BCUT2D eigenvalue weighted by Crippen LogP contribution is 2.31. The highest BCUT2D eigenvalue weighted by molar-refractivity contribution is 6.32. The second-order valence-electron chi connectivity index (χ2n) is 2.99. The first kappa shape index (κ1) is 9.08. The summed E-state index contributed by atoms with van der Waals surface area (Å²) in [5.41, 5.74) is 6.97. The first-order chi connectivity index (χ1) is 6.59. The lowest BCUT2D eigenvalue weighted by molar-refractivity contribution is 0.435. The molecule has 0 saturated heterocycles. The second-order valence-corrected chi connectivity index (χ2v) is 3.35. The van der Waals surface area contributed by atoms with E-state index in [1.165, 1.54) is 0 Å². The first-order valence-corrected chi connectivity index (χ1v) is 4.39. The van der Waals surface area contributed by atoms with Gasteiger partial charge in [-0.15, -0.1) is 0 Å². The fourth-order valence-electron chi connectivity index (χ4n) is 1.32. The molecular formula is C8H9ClN4O. The van der Waals surface area contributed by atoms with Crippen LogP contribution in [0.25, 0.3) is 11.3 Å². The Labute approximate surface area is 85.4 Å². The minimum absolute atomic E-state index is 0.333. The van der Waals surface area contributed by atoms with Crippen molar-refractivity contribution < 1.29 is 4.52 Å². The van der Waals surface area contributed by atoms with Gasteiger partial charge < -0.3 is 10.3 Å². The number of aromatic nitrogens is 3. The zero-order valence-electron chi connectivity index (χ0n) is 7.78. The van der Waals surface area contributed by atoms with E-state index in [-0.39, 0.29) is 0 Å². The quantitative estimate of drug-likeness (QED) is 0.780. The van der Waals surface area contributed by atoms with E-state index in [0.717, 1.165) is 11.3 Å². The summed E-state index contributed by atoms with van der Waals surface area (Å²) >= 11 is 6.03. The third-order valence-electron chi connectivity index (χ3n) is 1.93. The molecule has 2 heterocycles. The molecule has 2 rings (SSSR count). The third kappa shape index (κ3) is 1.26. The van der Waals surface area contributed by atoms with Crippen LogP contribution in [0.3, 0.4) is 0 Å². The summed E-state index contributed by atoms with van der Waals surface area (Å²) in [7, 11) is 1.76. The van der Waals surface area contributed by atoms with Gasteiger partial charge in [-0.05, 0) is 6.92 Å². The summed E-state index contributed by atoms with van der Waals surface area (Å²) in [5.74, 6) is 0.873. The molecule has 0 bridgehead atoms. The van der Waals surface area contributed by atoms with Crippen LogP contribution in [0.15, 0.2) is 10.6 Å². The van der Waals surface area contributed by atoms with E-state index in [2.05, 4.69) is 10.3 Å². The number of aryl methyl sites for hydroxylation is 2. The van der Waals surface area contributed by atoms with Crippen LogP contribution in [0.2, 0.25) is 5.15 Å². The molecule has 6 heteroatoms. The highest BCUT2D eigenvalue weighted by atomic mass is 35.5. The van der Waals surface area contributed by atoms with Gasteiger partial charge >= 0.3 is 0 Å². The largest absolute Gasteiger partial charge is 0.381 e. The van der Waals surface area contributed by atoms with E-state index >= 15 is 0 Å². The van der Waals surface area contributed by atoms with Crippen LogP contribution < -0.4 is 5.73 Å². The summed E-state index contributed by atoms with van der Waals surface area (Å²) in [6, 6.07) is 1.62. The zero-order chi connectivity index (χ0) is 10.3. The number of nitrogens with two attached hydrogens (primary N) is 1. The van der Waals surface area contributed by atoms with Crippen LogP contribution in [0.5, 0.6) is 0 Å². The molecule has 5 nitrogen and oxygen atoms in total. The average Bonchev–Trinajstić information content (AvgIpc) is 2.60. The van der Waals surface area contributed by atoms with Gasteiger partial charge in [0.05, 0.1) is 11.3 Å². The van der Waals surface area contributed by atoms with Crippen molar-refractivity contribution in [3.8, 4) is 11.3 Å². The number of anilines is 1. The van der Waals surface area contributed by atoms with Gasteiger partial charge in [-0.3, -0.25) is 4.68 Å². The average molecular weight is 213 g/mol. The molecule has 74 valence electrons. The maximum absolute atomic E-state index is 6.03. The SMILES string of the molecule is Cc1nn(C)c(Cl)c1-c1cc(N)no1. The van der Waals surface area contributed by atoms with Crippen molar-refractivity contribution in [1.29, 1.82) is 0 Å². The lowest BCUT2D eigenvalue weighted by Crippen LogP contribution is -1.88. The maximum atomic E-state index is 6.03. The Morgan fingerprint density at radius 1 is 1.57 bits per heavy atom. The molecule has 14 heavy (non-hydrogen) atoms. The standard InChI is InChI=1S/C8H9ClN4O/c1-4-7(8(9)13(2)11-4)5-3-6(10)12-14-5/h3H,1-2H3,(H2,10,12). The molecular weight excluding hydrogens is 204 g/mol. The van der Waals surface area contributed by atoms with Gasteiger partial charge in [0.2, 0.25) is 0 Å². The topological polar surface area (TPSA) is 69.9 Å². The molecule has 0 aromatic carbocycles. The van der Waals surface area contributed by atoms with Crippen molar-refractivity contribution in [2.24, 2.45) is 7.05 Å². The van der Waals surface area contributed by atoms with Crippen molar-refractivity contribution in [1.82, 2.24) is 14.9 Å². The number of rotatable bonds is 1. The van der Waals surface area contributed by atoms with Gasteiger partial charge in [-0.2, -0.15) is 5.10 Å². The molecule has 0 spiro atoms. The minimum Gasteiger partial charge on any atom is -0.381 e. The van der Waals surface area contributed by atoms with E-state index in [0.29, 0.717) is 16.7 Å². The molecule has 2 aromatic rings. The summed E-state index contributed by atoms with van der Waals surface area (Å²) in [4.78, 5) is 0. The van der Waals surface area contributed by atoms with E-state index in [4.69, 9.17) is 21.9 Å². The predicted molar refractivity (Wildman–Crippen MR) is 52.9 cm³/mol. The van der Waals surface area contributed by atoms with Crippen LogP contribution in [0.1, 0.15) is 5.69 Å². The van der Waals surface area contributed by atoms with Gasteiger partial charge in [-0.1, -0.05) is 16.8 Å². The molecule has 2 N–H and O–H groups in total. The van der Waals surface area contributed by atoms with Crippen molar-refractivity contribution in [3.05, 3.63) is 16.9 Å². The Morgan fingerprint density at radius 2 is 2.29 bits per heavy atom. The molecule has 0 aliphatic carbocycles. The van der Waals surface area contributed by atoms with Crippen LogP contribution in [0, 0.1) is 6.92 Å². The van der Waals surface area contributed by atoms with Crippen LogP contribution in [-0.2, 0) is 7.05 Å². The Balaban J connectivity index is 2.61. The van der Waals surface area contributed by atoms with Gasteiger partial charge in [0, 0.05) is 13.1 Å². The smallest absolute Gasteiger partial charge is 0.174 e. The fourth-order valence-corrected chi connectivity index (χ4v) is 1.58. The lowest BCUT2D eigenvalue weighted by Gasteiger charge is -1.92. The minimum atomic E-state index is 0.333. The highest BCUT2D eigenvalue weighted by Gasteiger charge is 2.17.